The highest BCUT2D eigenvalue weighted by molar-refractivity contribution is 5.95. The molecule has 0 radical (unpaired) electrons. The van der Waals surface area contributed by atoms with Gasteiger partial charge in [-0.15, -0.1) is 0 Å². The quantitative estimate of drug-likeness (QED) is 0.822. The molecule has 0 saturated heterocycles. The van der Waals surface area contributed by atoms with Crippen LogP contribution in [0.4, 0.5) is 17.6 Å². The smallest absolute Gasteiger partial charge is 0.416 e. The highest BCUT2D eigenvalue weighted by Crippen LogP contribution is 2.30. The molecule has 116 valence electrons. The molecular weight excluding hydrogens is 294 g/mol. The van der Waals surface area contributed by atoms with Crippen LogP contribution in [0, 0.1) is 5.82 Å². The number of hydrogen-bond acceptors (Lipinski definition) is 2. The van der Waals surface area contributed by atoms with E-state index in [1.54, 1.807) is 6.92 Å². The average molecular weight is 307 g/mol. The van der Waals surface area contributed by atoms with Gasteiger partial charge in [0.1, 0.15) is 5.82 Å². The lowest BCUT2D eigenvalue weighted by Gasteiger charge is -2.16. The number of amides is 1. The number of hydrogen-bond donors (Lipinski definition) is 2. The van der Waals surface area contributed by atoms with Gasteiger partial charge in [-0.05, 0) is 24.6 Å². The van der Waals surface area contributed by atoms with E-state index in [2.05, 4.69) is 5.32 Å². The topological polar surface area (TPSA) is 66.4 Å². The van der Waals surface area contributed by atoms with E-state index in [0.29, 0.717) is 18.2 Å². The number of alkyl halides is 3. The van der Waals surface area contributed by atoms with Crippen molar-refractivity contribution >= 4 is 11.9 Å². The van der Waals surface area contributed by atoms with Gasteiger partial charge in [-0.2, -0.15) is 13.2 Å². The van der Waals surface area contributed by atoms with Crippen molar-refractivity contribution in [1.82, 2.24) is 5.32 Å². The third kappa shape index (κ3) is 4.73. The van der Waals surface area contributed by atoms with E-state index in [4.69, 9.17) is 5.11 Å². The third-order valence-corrected chi connectivity index (χ3v) is 2.79. The average Bonchev–Trinajstić information content (AvgIpc) is 2.36. The molecule has 2 N–H and O–H groups in total. The number of benzene rings is 1. The fraction of sp³-hybridized carbons (Fsp3) is 0.385. The van der Waals surface area contributed by atoms with Gasteiger partial charge < -0.3 is 10.4 Å². The van der Waals surface area contributed by atoms with E-state index in [1.165, 1.54) is 0 Å². The van der Waals surface area contributed by atoms with Crippen LogP contribution in [-0.4, -0.2) is 23.0 Å². The molecule has 1 aromatic carbocycles. The lowest BCUT2D eigenvalue weighted by atomic mass is 10.1. The Morgan fingerprint density at radius 3 is 2.43 bits per heavy atom. The van der Waals surface area contributed by atoms with Crippen molar-refractivity contribution < 1.29 is 32.3 Å². The zero-order valence-corrected chi connectivity index (χ0v) is 11.0. The Hall–Kier alpha value is -2.12. The van der Waals surface area contributed by atoms with E-state index in [1.807, 2.05) is 0 Å². The number of carboxylic acids is 1. The minimum atomic E-state index is -4.70. The van der Waals surface area contributed by atoms with Crippen LogP contribution in [0.15, 0.2) is 18.2 Å². The minimum Gasteiger partial charge on any atom is -0.481 e. The number of rotatable bonds is 5. The second-order valence-electron chi connectivity index (χ2n) is 4.37. The maximum absolute atomic E-state index is 13.5. The largest absolute Gasteiger partial charge is 0.481 e. The molecule has 0 aromatic heterocycles. The molecule has 1 rings (SSSR count). The molecule has 0 aliphatic carbocycles. The number of nitrogens with one attached hydrogen (secondary N) is 1. The van der Waals surface area contributed by atoms with E-state index in [0.717, 1.165) is 0 Å². The Balaban J connectivity index is 2.98. The van der Waals surface area contributed by atoms with Crippen LogP contribution in [0.5, 0.6) is 0 Å². The van der Waals surface area contributed by atoms with E-state index in [9.17, 15) is 27.2 Å². The normalized spacial score (nSPS) is 12.8. The monoisotopic (exact) mass is 307 g/mol. The maximum atomic E-state index is 13.5. The Morgan fingerprint density at radius 1 is 1.33 bits per heavy atom. The van der Waals surface area contributed by atoms with Gasteiger partial charge in [0.2, 0.25) is 0 Å². The van der Waals surface area contributed by atoms with Crippen LogP contribution in [0.3, 0.4) is 0 Å². The molecule has 0 aliphatic rings. The van der Waals surface area contributed by atoms with Crippen molar-refractivity contribution in [1.29, 1.82) is 0 Å². The molecule has 0 bridgehead atoms. The number of aliphatic carboxylic acids is 1. The SMILES string of the molecule is CCC(CC(=O)O)NC(=O)c1cc(C(F)(F)F)ccc1F. The summed E-state index contributed by atoms with van der Waals surface area (Å²) in [5, 5.41) is 10.8. The summed E-state index contributed by atoms with van der Waals surface area (Å²) in [7, 11) is 0. The molecule has 0 spiro atoms. The van der Waals surface area contributed by atoms with E-state index in [-0.39, 0.29) is 6.42 Å². The lowest BCUT2D eigenvalue weighted by molar-refractivity contribution is -0.138. The van der Waals surface area contributed by atoms with Crippen molar-refractivity contribution in [2.75, 3.05) is 0 Å². The Bertz CT molecular complexity index is 543. The molecule has 1 aromatic rings. The molecule has 0 fully saturated rings. The standard InChI is InChI=1S/C13H13F4NO3/c1-2-8(6-11(19)20)18-12(21)9-5-7(13(15,16)17)3-4-10(9)14/h3-5,8H,2,6H2,1H3,(H,18,21)(H,19,20). The minimum absolute atomic E-state index is 0.249. The van der Waals surface area contributed by atoms with Gasteiger partial charge in [-0.25, -0.2) is 4.39 Å². The summed E-state index contributed by atoms with van der Waals surface area (Å²) in [4.78, 5) is 22.3. The van der Waals surface area contributed by atoms with E-state index < -0.39 is 47.5 Å². The van der Waals surface area contributed by atoms with Gasteiger partial charge in [0.15, 0.2) is 0 Å². The fourth-order valence-corrected chi connectivity index (χ4v) is 1.65. The zero-order chi connectivity index (χ0) is 16.2. The van der Waals surface area contributed by atoms with Gasteiger partial charge in [0, 0.05) is 6.04 Å². The van der Waals surface area contributed by atoms with E-state index >= 15 is 0 Å². The predicted octanol–water partition coefficient (Wildman–Crippen LogP) is 2.83. The number of carboxylic acid groups (broad SMARTS) is 1. The number of halogens is 4. The van der Waals surface area contributed by atoms with Crippen LogP contribution >= 0.6 is 0 Å². The van der Waals surface area contributed by atoms with Gasteiger partial charge in [-0.3, -0.25) is 9.59 Å². The number of carbonyl (C=O) groups excluding carboxylic acids is 1. The van der Waals surface area contributed by atoms with Gasteiger partial charge in [0.05, 0.1) is 17.5 Å². The van der Waals surface area contributed by atoms with Crippen LogP contribution in [-0.2, 0) is 11.0 Å². The first-order valence-electron chi connectivity index (χ1n) is 6.04. The molecule has 21 heavy (non-hydrogen) atoms. The summed E-state index contributed by atoms with van der Waals surface area (Å²) in [5.74, 6) is -3.36. The van der Waals surface area contributed by atoms with Crippen LogP contribution < -0.4 is 5.32 Å². The van der Waals surface area contributed by atoms with Gasteiger partial charge in [-0.1, -0.05) is 6.92 Å². The summed E-state index contributed by atoms with van der Waals surface area (Å²) in [6.45, 7) is 1.59. The molecule has 1 amide bonds. The molecule has 0 saturated carbocycles. The number of carbonyl (C=O) groups is 2. The maximum Gasteiger partial charge on any atom is 0.416 e. The van der Waals surface area contributed by atoms with Crippen molar-refractivity contribution in [3.63, 3.8) is 0 Å². The van der Waals surface area contributed by atoms with Crippen LogP contribution in [0.2, 0.25) is 0 Å². The Labute approximate surface area is 117 Å². The second-order valence-corrected chi connectivity index (χ2v) is 4.37. The van der Waals surface area contributed by atoms with Crippen molar-refractivity contribution in [2.45, 2.75) is 32.0 Å². The zero-order valence-electron chi connectivity index (χ0n) is 11.0. The third-order valence-electron chi connectivity index (χ3n) is 2.79. The summed E-state index contributed by atoms with van der Waals surface area (Å²) in [6.07, 6.45) is -4.85. The first-order chi connectivity index (χ1) is 9.65. The van der Waals surface area contributed by atoms with Crippen LogP contribution in [0.1, 0.15) is 35.7 Å². The molecule has 8 heteroatoms. The Kier molecular flexibility index (Phi) is 5.28. The summed E-state index contributed by atoms with van der Waals surface area (Å²) in [5.41, 5.74) is -1.92. The van der Waals surface area contributed by atoms with Crippen molar-refractivity contribution in [2.24, 2.45) is 0 Å². The molecule has 0 aliphatic heterocycles. The van der Waals surface area contributed by atoms with Crippen molar-refractivity contribution in [3.8, 4) is 0 Å². The highest BCUT2D eigenvalue weighted by atomic mass is 19.4. The first kappa shape index (κ1) is 16.9. The highest BCUT2D eigenvalue weighted by Gasteiger charge is 2.32. The second kappa shape index (κ2) is 6.55. The first-order valence-corrected chi connectivity index (χ1v) is 6.04. The Morgan fingerprint density at radius 2 is 1.95 bits per heavy atom. The summed E-state index contributed by atoms with van der Waals surface area (Å²) < 4.78 is 51.1. The summed E-state index contributed by atoms with van der Waals surface area (Å²) in [6, 6.07) is 0.693. The molecule has 4 nitrogen and oxygen atoms in total. The molecule has 0 heterocycles. The molecular formula is C13H13F4NO3. The van der Waals surface area contributed by atoms with Gasteiger partial charge >= 0.3 is 12.1 Å². The predicted molar refractivity (Wildman–Crippen MR) is 65.2 cm³/mol. The van der Waals surface area contributed by atoms with Crippen molar-refractivity contribution in [3.05, 3.63) is 35.1 Å². The molecule has 1 unspecified atom stereocenters. The van der Waals surface area contributed by atoms with Gasteiger partial charge in [0.25, 0.3) is 5.91 Å². The lowest BCUT2D eigenvalue weighted by Crippen LogP contribution is -2.36. The summed E-state index contributed by atoms with van der Waals surface area (Å²) >= 11 is 0. The van der Waals surface area contributed by atoms with Crippen LogP contribution in [0.25, 0.3) is 0 Å². The molecule has 1 atom stereocenters. The fourth-order valence-electron chi connectivity index (χ4n) is 1.65.